The van der Waals surface area contributed by atoms with Crippen molar-refractivity contribution in [2.45, 2.75) is 26.2 Å². The molecule has 0 aliphatic carbocycles. The van der Waals surface area contributed by atoms with Crippen LogP contribution < -0.4 is 10.9 Å². The summed E-state index contributed by atoms with van der Waals surface area (Å²) in [5.74, 6) is -0.397. The predicted octanol–water partition coefficient (Wildman–Crippen LogP) is 4.61. The molecule has 0 fully saturated rings. The molecule has 0 aliphatic rings. The lowest BCUT2D eigenvalue weighted by Crippen LogP contribution is -2.25. The van der Waals surface area contributed by atoms with E-state index in [2.05, 4.69) is 48.3 Å². The molecule has 1 N–H and O–H groups in total. The van der Waals surface area contributed by atoms with Crippen LogP contribution in [0.3, 0.4) is 0 Å². The molecule has 0 spiro atoms. The first-order valence-electron chi connectivity index (χ1n) is 9.58. The maximum atomic E-state index is 12.9. The molecule has 2 aromatic carbocycles. The fourth-order valence-corrected chi connectivity index (χ4v) is 3.94. The molecule has 0 saturated carbocycles. The Bertz CT molecular complexity index is 1300. The molecule has 0 radical (unpaired) electrons. The van der Waals surface area contributed by atoms with Gasteiger partial charge in [-0.05, 0) is 17.0 Å². The van der Waals surface area contributed by atoms with Crippen molar-refractivity contribution in [3.63, 3.8) is 0 Å². The third kappa shape index (κ3) is 3.76. The van der Waals surface area contributed by atoms with Gasteiger partial charge in [-0.15, -0.1) is 11.3 Å². The van der Waals surface area contributed by atoms with Crippen LogP contribution in [0.15, 0.2) is 58.7 Å². The molecule has 0 unspecified atom stereocenters. The molecule has 152 valence electrons. The monoisotopic (exact) mass is 418 g/mol. The Hall–Kier alpha value is -3.32. The summed E-state index contributed by atoms with van der Waals surface area (Å²) in [6.45, 7) is 6.53. The van der Waals surface area contributed by atoms with Crippen molar-refractivity contribution in [3.8, 4) is 11.3 Å². The van der Waals surface area contributed by atoms with E-state index in [1.54, 1.807) is 24.3 Å². The molecule has 2 heterocycles. The fraction of sp³-hybridized carbons (Fsp3) is 0.217. The second-order valence-electron chi connectivity index (χ2n) is 8.14. The van der Waals surface area contributed by atoms with E-state index < -0.39 is 5.91 Å². The van der Waals surface area contributed by atoms with Gasteiger partial charge >= 0.3 is 0 Å². The van der Waals surface area contributed by atoms with Crippen LogP contribution in [0.2, 0.25) is 0 Å². The average molecular weight is 419 g/mol. The first kappa shape index (κ1) is 20.0. The Morgan fingerprint density at radius 1 is 1.03 bits per heavy atom. The Morgan fingerprint density at radius 2 is 1.70 bits per heavy atom. The highest BCUT2D eigenvalue weighted by Crippen LogP contribution is 2.28. The SMILES string of the molecule is Cn1nc(C(=O)Nc2nc(-c3ccc(C(C)(C)C)cc3)cs2)c2ccccc2c1=O. The van der Waals surface area contributed by atoms with Gasteiger partial charge in [0.05, 0.1) is 11.1 Å². The van der Waals surface area contributed by atoms with Gasteiger partial charge in [0.2, 0.25) is 0 Å². The molecule has 7 heteroatoms. The van der Waals surface area contributed by atoms with Gasteiger partial charge in [0, 0.05) is 23.4 Å². The van der Waals surface area contributed by atoms with E-state index in [0.29, 0.717) is 15.9 Å². The predicted molar refractivity (Wildman–Crippen MR) is 121 cm³/mol. The summed E-state index contributed by atoms with van der Waals surface area (Å²) in [5, 5.41) is 10.3. The highest BCUT2D eigenvalue weighted by atomic mass is 32.1. The van der Waals surface area contributed by atoms with Gasteiger partial charge in [0.1, 0.15) is 0 Å². The summed E-state index contributed by atoms with van der Waals surface area (Å²) < 4.78 is 1.18. The van der Waals surface area contributed by atoms with Crippen molar-refractivity contribution in [1.82, 2.24) is 14.8 Å². The van der Waals surface area contributed by atoms with Crippen LogP contribution >= 0.6 is 11.3 Å². The first-order chi connectivity index (χ1) is 14.2. The molecule has 1 amide bonds. The van der Waals surface area contributed by atoms with Gasteiger partial charge in [-0.1, -0.05) is 63.2 Å². The molecule has 0 atom stereocenters. The number of rotatable bonds is 3. The number of carbonyl (C=O) groups is 1. The zero-order valence-corrected chi connectivity index (χ0v) is 18.1. The van der Waals surface area contributed by atoms with Gasteiger partial charge in [0.15, 0.2) is 10.8 Å². The Balaban J connectivity index is 1.60. The fourth-order valence-electron chi connectivity index (χ4n) is 3.23. The molecule has 0 bridgehead atoms. The van der Waals surface area contributed by atoms with Crippen LogP contribution in [0.1, 0.15) is 36.8 Å². The number of carbonyl (C=O) groups excluding carboxylic acids is 1. The van der Waals surface area contributed by atoms with Gasteiger partial charge < -0.3 is 0 Å². The van der Waals surface area contributed by atoms with Crippen LogP contribution in [-0.4, -0.2) is 20.7 Å². The molecule has 4 rings (SSSR count). The Morgan fingerprint density at radius 3 is 2.37 bits per heavy atom. The van der Waals surface area contributed by atoms with Gasteiger partial charge in [0.25, 0.3) is 11.5 Å². The lowest BCUT2D eigenvalue weighted by atomic mass is 9.86. The minimum absolute atomic E-state index is 0.0886. The summed E-state index contributed by atoms with van der Waals surface area (Å²) in [7, 11) is 1.54. The van der Waals surface area contributed by atoms with Crippen LogP contribution in [0.5, 0.6) is 0 Å². The summed E-state index contributed by atoms with van der Waals surface area (Å²) in [6.07, 6.45) is 0. The Kier molecular flexibility index (Phi) is 4.99. The number of nitrogens with one attached hydrogen (secondary N) is 1. The third-order valence-corrected chi connectivity index (χ3v) is 5.70. The van der Waals surface area contributed by atoms with E-state index in [0.717, 1.165) is 11.3 Å². The number of anilines is 1. The number of thiazole rings is 1. The minimum atomic E-state index is -0.397. The van der Waals surface area contributed by atoms with Crippen LogP contribution in [0.4, 0.5) is 5.13 Å². The highest BCUT2D eigenvalue weighted by molar-refractivity contribution is 7.14. The first-order valence-corrected chi connectivity index (χ1v) is 10.5. The number of aryl methyl sites for hydroxylation is 1. The van der Waals surface area contributed by atoms with Crippen molar-refractivity contribution >= 4 is 33.1 Å². The molecule has 30 heavy (non-hydrogen) atoms. The third-order valence-electron chi connectivity index (χ3n) is 4.94. The quantitative estimate of drug-likeness (QED) is 0.527. The second kappa shape index (κ2) is 7.50. The second-order valence-corrected chi connectivity index (χ2v) is 9.00. The molecule has 6 nitrogen and oxygen atoms in total. The van der Waals surface area contributed by atoms with E-state index >= 15 is 0 Å². The standard InChI is InChI=1S/C23H22N4O2S/c1-23(2,3)15-11-9-14(10-12-15)18-13-30-22(24-18)25-20(28)19-16-7-5-6-8-17(16)21(29)27(4)26-19/h5-13H,1-4H3,(H,24,25,28). The van der Waals surface area contributed by atoms with Crippen molar-refractivity contribution in [2.24, 2.45) is 7.05 Å². The van der Waals surface area contributed by atoms with Crippen molar-refractivity contribution in [2.75, 3.05) is 5.32 Å². The molecule has 4 aromatic rings. The molecular weight excluding hydrogens is 396 g/mol. The zero-order chi connectivity index (χ0) is 21.5. The molecule has 0 saturated heterocycles. The average Bonchev–Trinajstić information content (AvgIpc) is 3.18. The normalized spacial score (nSPS) is 11.6. The molecule has 0 aliphatic heterocycles. The van der Waals surface area contributed by atoms with Gasteiger partial charge in [-0.2, -0.15) is 5.10 Å². The summed E-state index contributed by atoms with van der Waals surface area (Å²) in [4.78, 5) is 29.7. The van der Waals surface area contributed by atoms with Crippen molar-refractivity contribution < 1.29 is 4.79 Å². The van der Waals surface area contributed by atoms with E-state index in [4.69, 9.17) is 0 Å². The van der Waals surface area contributed by atoms with Crippen LogP contribution in [-0.2, 0) is 12.5 Å². The zero-order valence-electron chi connectivity index (χ0n) is 17.3. The van der Waals surface area contributed by atoms with Gasteiger partial charge in [-0.25, -0.2) is 9.67 Å². The summed E-state index contributed by atoms with van der Waals surface area (Å²) in [5.41, 5.74) is 3.09. The maximum absolute atomic E-state index is 12.9. The topological polar surface area (TPSA) is 76.9 Å². The highest BCUT2D eigenvalue weighted by Gasteiger charge is 2.18. The van der Waals surface area contributed by atoms with E-state index in [9.17, 15) is 9.59 Å². The van der Waals surface area contributed by atoms with Crippen molar-refractivity contribution in [1.29, 1.82) is 0 Å². The van der Waals surface area contributed by atoms with Gasteiger partial charge in [-0.3, -0.25) is 14.9 Å². The van der Waals surface area contributed by atoms with E-state index in [1.807, 2.05) is 17.5 Å². The summed E-state index contributed by atoms with van der Waals surface area (Å²) in [6, 6.07) is 15.3. The largest absolute Gasteiger partial charge is 0.296 e. The number of hydrogen-bond acceptors (Lipinski definition) is 5. The van der Waals surface area contributed by atoms with E-state index in [1.165, 1.54) is 28.6 Å². The van der Waals surface area contributed by atoms with Crippen LogP contribution in [0.25, 0.3) is 22.0 Å². The number of hydrogen-bond donors (Lipinski definition) is 1. The van der Waals surface area contributed by atoms with E-state index in [-0.39, 0.29) is 16.7 Å². The lowest BCUT2D eigenvalue weighted by Gasteiger charge is -2.18. The minimum Gasteiger partial charge on any atom is -0.296 e. The van der Waals surface area contributed by atoms with Crippen molar-refractivity contribution in [3.05, 3.63) is 75.5 Å². The molecular formula is C23H22N4O2S. The number of fused-ring (bicyclic) bond motifs is 1. The number of nitrogens with zero attached hydrogens (tertiary/aromatic N) is 3. The molecule has 2 aromatic heterocycles. The maximum Gasteiger partial charge on any atom is 0.278 e. The number of benzene rings is 2. The summed E-state index contributed by atoms with van der Waals surface area (Å²) >= 11 is 1.35. The van der Waals surface area contributed by atoms with Crippen LogP contribution in [0, 0.1) is 0 Å². The lowest BCUT2D eigenvalue weighted by molar-refractivity contribution is 0.102. The number of amides is 1. The smallest absolute Gasteiger partial charge is 0.278 e. The number of aromatic nitrogens is 3. The Labute approximate surface area is 178 Å².